The molecule has 1 N–H and O–H groups in total. The van der Waals surface area contributed by atoms with Crippen LogP contribution in [0.4, 0.5) is 0 Å². The summed E-state index contributed by atoms with van der Waals surface area (Å²) in [6.07, 6.45) is 3.48. The Kier molecular flexibility index (Phi) is 7.32. The smallest absolute Gasteiger partial charge is 0.251 e. The van der Waals surface area contributed by atoms with E-state index < -0.39 is 0 Å². The van der Waals surface area contributed by atoms with Gasteiger partial charge in [0.05, 0.1) is 7.11 Å². The first-order valence-corrected chi connectivity index (χ1v) is 13.6. The van der Waals surface area contributed by atoms with Crippen LogP contribution in [0.3, 0.4) is 0 Å². The molecule has 9 nitrogen and oxygen atoms in total. The minimum absolute atomic E-state index is 0.141. The molecular formula is C30H25N5O4S. The molecule has 10 heteroatoms. The molecule has 200 valence electrons. The van der Waals surface area contributed by atoms with Crippen molar-refractivity contribution in [1.82, 2.24) is 25.1 Å². The van der Waals surface area contributed by atoms with Crippen LogP contribution in [0.1, 0.15) is 21.5 Å². The van der Waals surface area contributed by atoms with Crippen LogP contribution in [-0.4, -0.2) is 39.6 Å². The summed E-state index contributed by atoms with van der Waals surface area (Å²) < 4.78 is 18.1. The molecule has 40 heavy (non-hydrogen) atoms. The van der Waals surface area contributed by atoms with E-state index in [1.165, 1.54) is 0 Å². The first-order valence-electron chi connectivity index (χ1n) is 12.6. The van der Waals surface area contributed by atoms with Crippen molar-refractivity contribution in [3.63, 3.8) is 0 Å². The molecule has 1 amide bonds. The zero-order valence-electron chi connectivity index (χ0n) is 21.6. The van der Waals surface area contributed by atoms with E-state index in [2.05, 4.69) is 20.5 Å². The van der Waals surface area contributed by atoms with Crippen molar-refractivity contribution >= 4 is 17.7 Å². The number of benzene rings is 3. The van der Waals surface area contributed by atoms with Gasteiger partial charge in [0.25, 0.3) is 5.91 Å². The number of amides is 1. The van der Waals surface area contributed by atoms with Crippen LogP contribution in [-0.2, 0) is 12.3 Å². The number of rotatable bonds is 9. The number of carbonyl (C=O) groups excluding carboxylic acids is 1. The van der Waals surface area contributed by atoms with E-state index in [1.807, 2.05) is 83.4 Å². The summed E-state index contributed by atoms with van der Waals surface area (Å²) in [5.41, 5.74) is 4.44. The number of fused-ring (bicyclic) bond motifs is 1. The number of methoxy groups -OCH3 is 1. The van der Waals surface area contributed by atoms with Crippen molar-refractivity contribution in [2.45, 2.75) is 17.5 Å². The fourth-order valence-electron chi connectivity index (χ4n) is 4.25. The summed E-state index contributed by atoms with van der Waals surface area (Å²) in [5, 5.41) is 12.7. The highest BCUT2D eigenvalue weighted by atomic mass is 32.2. The minimum atomic E-state index is -0.141. The molecule has 0 fully saturated rings. The number of hydrogen-bond donors (Lipinski definition) is 1. The molecule has 3 aromatic carbocycles. The van der Waals surface area contributed by atoms with Gasteiger partial charge in [0.2, 0.25) is 6.79 Å². The molecule has 0 spiro atoms. The standard InChI is InChI=1S/C30H25N5O4S/c1-37-25-9-7-24(8-10-25)35-28(22-12-14-31-15-13-22)33-34-30(35)40-18-20-2-5-23(6-3-20)29(36)32-17-21-4-11-26-27(16-21)39-19-38-26/h2-16H,17-19H2,1H3,(H,32,36). The summed E-state index contributed by atoms with van der Waals surface area (Å²) in [6, 6.07) is 24.8. The quantitative estimate of drug-likeness (QED) is 0.247. The predicted molar refractivity (Wildman–Crippen MR) is 151 cm³/mol. The molecule has 0 unspecified atom stereocenters. The Morgan fingerprint density at radius 2 is 1.68 bits per heavy atom. The molecule has 0 radical (unpaired) electrons. The van der Waals surface area contributed by atoms with Crippen molar-refractivity contribution in [2.75, 3.05) is 13.9 Å². The third-order valence-corrected chi connectivity index (χ3v) is 7.38. The Morgan fingerprint density at radius 3 is 2.45 bits per heavy atom. The maximum Gasteiger partial charge on any atom is 0.251 e. The number of hydrogen-bond acceptors (Lipinski definition) is 8. The maximum absolute atomic E-state index is 12.7. The van der Waals surface area contributed by atoms with Gasteiger partial charge in [0.15, 0.2) is 22.5 Å². The molecule has 0 aliphatic carbocycles. The summed E-state index contributed by atoms with van der Waals surface area (Å²) >= 11 is 1.57. The summed E-state index contributed by atoms with van der Waals surface area (Å²) in [4.78, 5) is 16.8. The second-order valence-corrected chi connectivity index (χ2v) is 9.87. The molecule has 0 atom stereocenters. The van der Waals surface area contributed by atoms with Gasteiger partial charge in [-0.25, -0.2) is 0 Å². The van der Waals surface area contributed by atoms with Crippen LogP contribution < -0.4 is 19.5 Å². The van der Waals surface area contributed by atoms with Crippen LogP contribution in [0.15, 0.2) is 96.4 Å². The van der Waals surface area contributed by atoms with Gasteiger partial charge in [0.1, 0.15) is 5.75 Å². The van der Waals surface area contributed by atoms with Crippen molar-refractivity contribution in [3.8, 4) is 34.3 Å². The summed E-state index contributed by atoms with van der Waals surface area (Å²) in [6.45, 7) is 0.621. The largest absolute Gasteiger partial charge is 0.497 e. The molecule has 6 rings (SSSR count). The van der Waals surface area contributed by atoms with Crippen LogP contribution in [0.25, 0.3) is 17.1 Å². The lowest BCUT2D eigenvalue weighted by Gasteiger charge is -2.11. The van der Waals surface area contributed by atoms with Crippen molar-refractivity contribution in [1.29, 1.82) is 0 Å². The molecular weight excluding hydrogens is 526 g/mol. The van der Waals surface area contributed by atoms with Crippen LogP contribution in [0, 0.1) is 0 Å². The Labute approximate surface area is 235 Å². The van der Waals surface area contributed by atoms with E-state index in [0.29, 0.717) is 23.6 Å². The van der Waals surface area contributed by atoms with Gasteiger partial charge in [-0.1, -0.05) is 30.0 Å². The fraction of sp³-hybridized carbons (Fsp3) is 0.133. The third kappa shape index (κ3) is 5.48. The fourth-order valence-corrected chi connectivity index (χ4v) is 5.16. The highest BCUT2D eigenvalue weighted by molar-refractivity contribution is 7.98. The number of thioether (sulfide) groups is 1. The second-order valence-electron chi connectivity index (χ2n) is 8.93. The van der Waals surface area contributed by atoms with Gasteiger partial charge in [-0.2, -0.15) is 0 Å². The molecule has 0 saturated carbocycles. The normalized spacial score (nSPS) is 11.8. The molecule has 5 aromatic rings. The highest BCUT2D eigenvalue weighted by Crippen LogP contribution is 2.33. The number of aromatic nitrogens is 4. The number of nitrogens with zero attached hydrogens (tertiary/aromatic N) is 4. The SMILES string of the molecule is COc1ccc(-n2c(SCc3ccc(C(=O)NCc4ccc5c(c4)OCO5)cc3)nnc2-c2ccncc2)cc1. The van der Waals surface area contributed by atoms with E-state index in [-0.39, 0.29) is 12.7 Å². The molecule has 1 aliphatic rings. The van der Waals surface area contributed by atoms with Crippen LogP contribution in [0.2, 0.25) is 0 Å². The van der Waals surface area contributed by atoms with Gasteiger partial charge in [-0.05, 0) is 71.8 Å². The Morgan fingerprint density at radius 1 is 0.925 bits per heavy atom. The minimum Gasteiger partial charge on any atom is -0.497 e. The van der Waals surface area contributed by atoms with Gasteiger partial charge >= 0.3 is 0 Å². The Balaban J connectivity index is 1.14. The van der Waals surface area contributed by atoms with Gasteiger partial charge in [0, 0.05) is 41.5 Å². The van der Waals surface area contributed by atoms with Crippen molar-refractivity contribution in [2.24, 2.45) is 0 Å². The number of nitrogens with one attached hydrogen (secondary N) is 1. The summed E-state index contributed by atoms with van der Waals surface area (Å²) in [7, 11) is 1.64. The maximum atomic E-state index is 12.7. The first-order chi connectivity index (χ1) is 19.7. The molecule has 0 saturated heterocycles. The summed E-state index contributed by atoms with van der Waals surface area (Å²) in [5.74, 6) is 3.44. The van der Waals surface area contributed by atoms with Crippen molar-refractivity contribution < 1.29 is 19.0 Å². The molecule has 0 bridgehead atoms. The lowest BCUT2D eigenvalue weighted by atomic mass is 10.1. The number of ether oxygens (including phenoxy) is 3. The first kappa shape index (κ1) is 25.4. The van der Waals surface area contributed by atoms with E-state index in [0.717, 1.165) is 44.9 Å². The monoisotopic (exact) mass is 551 g/mol. The third-order valence-electron chi connectivity index (χ3n) is 6.38. The number of carbonyl (C=O) groups is 1. The topological polar surface area (TPSA) is 100 Å². The molecule has 2 aromatic heterocycles. The van der Waals surface area contributed by atoms with Gasteiger partial charge in [-0.3, -0.25) is 14.3 Å². The Hall–Kier alpha value is -4.83. The lowest BCUT2D eigenvalue weighted by molar-refractivity contribution is 0.0951. The molecule has 3 heterocycles. The van der Waals surface area contributed by atoms with E-state index in [4.69, 9.17) is 14.2 Å². The average Bonchev–Trinajstić information content (AvgIpc) is 3.66. The zero-order chi connectivity index (χ0) is 27.3. The van der Waals surface area contributed by atoms with E-state index >= 15 is 0 Å². The van der Waals surface area contributed by atoms with Gasteiger partial charge < -0.3 is 19.5 Å². The lowest BCUT2D eigenvalue weighted by Crippen LogP contribution is -2.22. The van der Waals surface area contributed by atoms with Crippen molar-refractivity contribution in [3.05, 3.63) is 108 Å². The van der Waals surface area contributed by atoms with E-state index in [1.54, 1.807) is 31.3 Å². The second kappa shape index (κ2) is 11.5. The Bertz CT molecular complexity index is 1620. The number of pyridine rings is 1. The zero-order valence-corrected chi connectivity index (χ0v) is 22.4. The molecule has 1 aliphatic heterocycles. The highest BCUT2D eigenvalue weighted by Gasteiger charge is 2.17. The average molecular weight is 552 g/mol. The van der Waals surface area contributed by atoms with Crippen LogP contribution in [0.5, 0.6) is 17.2 Å². The van der Waals surface area contributed by atoms with E-state index in [9.17, 15) is 4.79 Å². The van der Waals surface area contributed by atoms with Crippen LogP contribution >= 0.6 is 11.8 Å². The van der Waals surface area contributed by atoms with Gasteiger partial charge in [-0.15, -0.1) is 10.2 Å². The predicted octanol–water partition coefficient (Wildman–Crippen LogP) is 5.29.